The number of esters is 1. The van der Waals surface area contributed by atoms with Gasteiger partial charge >= 0.3 is 5.97 Å². The van der Waals surface area contributed by atoms with E-state index in [1.165, 1.54) is 23.5 Å². The number of rotatable bonds is 8. The zero-order valence-corrected chi connectivity index (χ0v) is 13.4. The van der Waals surface area contributed by atoms with Gasteiger partial charge in [-0.05, 0) is 31.2 Å². The zero-order chi connectivity index (χ0) is 15.9. The number of hydrogen-bond acceptors (Lipinski definition) is 5. The fourth-order valence-corrected chi connectivity index (χ4v) is 3.24. The van der Waals surface area contributed by atoms with Gasteiger partial charge in [0, 0.05) is 13.1 Å². The molecule has 0 spiro atoms. The number of methoxy groups -OCH3 is 1. The lowest BCUT2D eigenvalue weighted by Gasteiger charge is -2.20. The van der Waals surface area contributed by atoms with Gasteiger partial charge in [0.15, 0.2) is 0 Å². The Hall–Kier alpha value is -1.60. The van der Waals surface area contributed by atoms with Crippen LogP contribution in [0.15, 0.2) is 29.2 Å². The Labute approximate surface area is 125 Å². The van der Waals surface area contributed by atoms with Crippen molar-refractivity contribution in [1.29, 1.82) is 0 Å². The second kappa shape index (κ2) is 7.99. The highest BCUT2D eigenvalue weighted by Crippen LogP contribution is 2.19. The van der Waals surface area contributed by atoms with Crippen molar-refractivity contribution < 1.29 is 22.7 Å². The lowest BCUT2D eigenvalue weighted by molar-refractivity contribution is -0.140. The van der Waals surface area contributed by atoms with E-state index in [1.807, 2.05) is 6.92 Å². The SMILES string of the molecule is CCOc1ccc(S(=O)(=O)N(CC)CCC(=O)OC)cc1. The first kappa shape index (κ1) is 17.5. The third-order valence-corrected chi connectivity index (χ3v) is 4.91. The highest BCUT2D eigenvalue weighted by molar-refractivity contribution is 7.89. The molecular formula is C14H21NO5S. The Morgan fingerprint density at radius 1 is 1.19 bits per heavy atom. The summed E-state index contributed by atoms with van der Waals surface area (Å²) in [6, 6.07) is 6.23. The van der Waals surface area contributed by atoms with Crippen LogP contribution in [0.2, 0.25) is 0 Å². The van der Waals surface area contributed by atoms with Crippen molar-refractivity contribution in [3.8, 4) is 5.75 Å². The molecular weight excluding hydrogens is 294 g/mol. The summed E-state index contributed by atoms with van der Waals surface area (Å²) in [5, 5.41) is 0. The maximum atomic E-state index is 12.5. The van der Waals surface area contributed by atoms with E-state index in [0.29, 0.717) is 12.4 Å². The second-order valence-corrected chi connectivity index (χ2v) is 6.17. The Kier molecular flexibility index (Phi) is 6.64. The number of carbonyl (C=O) groups excluding carboxylic acids is 1. The molecule has 1 aromatic carbocycles. The summed E-state index contributed by atoms with van der Waals surface area (Å²) in [5.41, 5.74) is 0. The van der Waals surface area contributed by atoms with Crippen molar-refractivity contribution in [3.05, 3.63) is 24.3 Å². The van der Waals surface area contributed by atoms with Crippen LogP contribution in [0.1, 0.15) is 20.3 Å². The molecule has 0 saturated heterocycles. The highest BCUT2D eigenvalue weighted by atomic mass is 32.2. The number of nitrogens with zero attached hydrogens (tertiary/aromatic N) is 1. The summed E-state index contributed by atoms with van der Waals surface area (Å²) in [6.45, 7) is 4.48. The molecule has 0 amide bonds. The second-order valence-electron chi connectivity index (χ2n) is 4.23. The number of benzene rings is 1. The molecule has 0 bridgehead atoms. The first-order chi connectivity index (χ1) is 9.95. The normalized spacial score (nSPS) is 11.4. The maximum Gasteiger partial charge on any atom is 0.306 e. The van der Waals surface area contributed by atoms with Crippen LogP contribution in [0, 0.1) is 0 Å². The molecule has 1 rings (SSSR count). The minimum Gasteiger partial charge on any atom is -0.494 e. The summed E-state index contributed by atoms with van der Waals surface area (Å²) < 4.78 is 36.0. The van der Waals surface area contributed by atoms with Gasteiger partial charge in [0.05, 0.1) is 25.0 Å². The van der Waals surface area contributed by atoms with E-state index < -0.39 is 16.0 Å². The van der Waals surface area contributed by atoms with Gasteiger partial charge in [-0.2, -0.15) is 4.31 Å². The lowest BCUT2D eigenvalue weighted by Crippen LogP contribution is -2.33. The smallest absolute Gasteiger partial charge is 0.306 e. The number of carbonyl (C=O) groups is 1. The molecule has 0 radical (unpaired) electrons. The molecule has 0 aliphatic rings. The molecule has 0 atom stereocenters. The summed E-state index contributed by atoms with van der Waals surface area (Å²) in [6.07, 6.45) is 0.0284. The van der Waals surface area contributed by atoms with Crippen LogP contribution in [-0.2, 0) is 19.6 Å². The summed E-state index contributed by atoms with van der Waals surface area (Å²) >= 11 is 0. The van der Waals surface area contributed by atoms with Crippen molar-refractivity contribution >= 4 is 16.0 Å². The Morgan fingerprint density at radius 2 is 1.81 bits per heavy atom. The Morgan fingerprint density at radius 3 is 2.29 bits per heavy atom. The van der Waals surface area contributed by atoms with Crippen molar-refractivity contribution in [2.45, 2.75) is 25.2 Å². The predicted octanol–water partition coefficient (Wildman–Crippen LogP) is 1.66. The maximum absolute atomic E-state index is 12.5. The number of hydrogen-bond donors (Lipinski definition) is 0. The Balaban J connectivity index is 2.88. The van der Waals surface area contributed by atoms with E-state index in [-0.39, 0.29) is 24.4 Å². The van der Waals surface area contributed by atoms with Crippen molar-refractivity contribution in [3.63, 3.8) is 0 Å². The molecule has 0 saturated carbocycles. The van der Waals surface area contributed by atoms with Gasteiger partial charge in [-0.1, -0.05) is 6.92 Å². The van der Waals surface area contributed by atoms with E-state index in [9.17, 15) is 13.2 Å². The predicted molar refractivity (Wildman–Crippen MR) is 78.7 cm³/mol. The summed E-state index contributed by atoms with van der Waals surface area (Å²) in [5.74, 6) is 0.185. The van der Waals surface area contributed by atoms with E-state index in [2.05, 4.69) is 4.74 Å². The molecule has 0 heterocycles. The van der Waals surface area contributed by atoms with Gasteiger partial charge in [0.25, 0.3) is 0 Å². The minimum atomic E-state index is -3.62. The van der Waals surface area contributed by atoms with Gasteiger partial charge in [0.1, 0.15) is 5.75 Å². The van der Waals surface area contributed by atoms with Crippen LogP contribution in [-0.4, -0.2) is 45.5 Å². The van der Waals surface area contributed by atoms with Crippen LogP contribution >= 0.6 is 0 Å². The van der Waals surface area contributed by atoms with Crippen LogP contribution in [0.4, 0.5) is 0 Å². The molecule has 0 N–H and O–H groups in total. The third-order valence-electron chi connectivity index (χ3n) is 2.92. The van der Waals surface area contributed by atoms with E-state index >= 15 is 0 Å². The van der Waals surface area contributed by atoms with Gasteiger partial charge in [0.2, 0.25) is 10.0 Å². The molecule has 21 heavy (non-hydrogen) atoms. The minimum absolute atomic E-state index is 0.0284. The van der Waals surface area contributed by atoms with Crippen molar-refractivity contribution in [2.75, 3.05) is 26.8 Å². The fraction of sp³-hybridized carbons (Fsp3) is 0.500. The molecule has 0 fully saturated rings. The highest BCUT2D eigenvalue weighted by Gasteiger charge is 2.23. The quantitative estimate of drug-likeness (QED) is 0.682. The average Bonchev–Trinajstić information content (AvgIpc) is 2.48. The van der Waals surface area contributed by atoms with Crippen LogP contribution < -0.4 is 4.74 Å². The molecule has 0 aliphatic carbocycles. The van der Waals surface area contributed by atoms with Gasteiger partial charge < -0.3 is 9.47 Å². The molecule has 0 unspecified atom stereocenters. The fourth-order valence-electron chi connectivity index (χ4n) is 1.79. The largest absolute Gasteiger partial charge is 0.494 e. The topological polar surface area (TPSA) is 72.9 Å². The van der Waals surface area contributed by atoms with Crippen LogP contribution in [0.25, 0.3) is 0 Å². The first-order valence-electron chi connectivity index (χ1n) is 6.75. The molecule has 1 aromatic rings. The molecule has 0 aliphatic heterocycles. The summed E-state index contributed by atoms with van der Waals surface area (Å²) in [7, 11) is -2.34. The third kappa shape index (κ3) is 4.71. The van der Waals surface area contributed by atoms with E-state index in [1.54, 1.807) is 19.1 Å². The number of ether oxygens (including phenoxy) is 2. The van der Waals surface area contributed by atoms with Gasteiger partial charge in [-0.3, -0.25) is 4.79 Å². The molecule has 0 aromatic heterocycles. The first-order valence-corrected chi connectivity index (χ1v) is 8.19. The average molecular weight is 315 g/mol. The van der Waals surface area contributed by atoms with E-state index in [4.69, 9.17) is 4.74 Å². The van der Waals surface area contributed by atoms with E-state index in [0.717, 1.165) is 0 Å². The molecule has 7 heteroatoms. The van der Waals surface area contributed by atoms with Crippen LogP contribution in [0.3, 0.4) is 0 Å². The molecule has 118 valence electrons. The lowest BCUT2D eigenvalue weighted by atomic mass is 10.3. The monoisotopic (exact) mass is 315 g/mol. The van der Waals surface area contributed by atoms with Crippen LogP contribution in [0.5, 0.6) is 5.75 Å². The summed E-state index contributed by atoms with van der Waals surface area (Å²) in [4.78, 5) is 11.3. The van der Waals surface area contributed by atoms with Gasteiger partial charge in [-0.15, -0.1) is 0 Å². The van der Waals surface area contributed by atoms with Crippen molar-refractivity contribution in [1.82, 2.24) is 4.31 Å². The standard InChI is InChI=1S/C14H21NO5S/c1-4-15(11-10-14(16)19-3)21(17,18)13-8-6-12(7-9-13)20-5-2/h6-9H,4-5,10-11H2,1-3H3. The number of sulfonamides is 1. The zero-order valence-electron chi connectivity index (χ0n) is 12.5. The van der Waals surface area contributed by atoms with Gasteiger partial charge in [-0.25, -0.2) is 8.42 Å². The molecule has 6 nitrogen and oxygen atoms in total. The Bertz CT molecular complexity index is 553. The van der Waals surface area contributed by atoms with Crippen molar-refractivity contribution in [2.24, 2.45) is 0 Å².